The monoisotopic (exact) mass is 431 g/mol. The van der Waals surface area contributed by atoms with Crippen molar-refractivity contribution in [3.63, 3.8) is 0 Å². The zero-order chi connectivity index (χ0) is 21.8. The first-order valence-corrected chi connectivity index (χ1v) is 10.1. The van der Waals surface area contributed by atoms with Gasteiger partial charge in [0.25, 0.3) is 0 Å². The summed E-state index contributed by atoms with van der Waals surface area (Å²) in [6.45, 7) is 5.39. The van der Waals surface area contributed by atoms with Gasteiger partial charge in [0, 0.05) is 57.2 Å². The number of rotatable bonds is 6. The quantitative estimate of drug-likeness (QED) is 0.641. The number of benzene rings is 1. The molecule has 0 aliphatic carbocycles. The van der Waals surface area contributed by atoms with Gasteiger partial charge < -0.3 is 14.6 Å². The van der Waals surface area contributed by atoms with E-state index in [1.165, 1.54) is 12.3 Å². The molecule has 9 heteroatoms. The second-order valence-electron chi connectivity index (χ2n) is 7.45. The van der Waals surface area contributed by atoms with E-state index in [-0.39, 0.29) is 0 Å². The molecular weight excluding hydrogens is 407 g/mol. The second-order valence-corrected chi connectivity index (χ2v) is 7.45. The van der Waals surface area contributed by atoms with E-state index in [0.717, 1.165) is 62.8 Å². The van der Waals surface area contributed by atoms with Crippen molar-refractivity contribution < 1.29 is 17.9 Å². The molecule has 0 radical (unpaired) electrons. The number of hydrogen-bond donors (Lipinski definition) is 1. The van der Waals surface area contributed by atoms with Crippen LogP contribution in [0.4, 0.5) is 19.0 Å². The van der Waals surface area contributed by atoms with Crippen LogP contribution in [0.25, 0.3) is 22.6 Å². The molecule has 0 amide bonds. The summed E-state index contributed by atoms with van der Waals surface area (Å²) in [5.41, 5.74) is 1.05. The first-order valence-electron chi connectivity index (χ1n) is 10.1. The second kappa shape index (κ2) is 9.07. The summed E-state index contributed by atoms with van der Waals surface area (Å²) in [7, 11) is 1.71. The van der Waals surface area contributed by atoms with Gasteiger partial charge in [0.05, 0.1) is 24.1 Å². The minimum atomic E-state index is -4.38. The number of aromatic nitrogens is 3. The summed E-state index contributed by atoms with van der Waals surface area (Å²) >= 11 is 0. The Morgan fingerprint density at radius 3 is 2.48 bits per heavy atom. The maximum Gasteiger partial charge on any atom is 0.416 e. The maximum atomic E-state index is 13.0. The molecule has 3 aromatic rings. The Hall–Kier alpha value is -2.91. The molecule has 2 aromatic heterocycles. The van der Waals surface area contributed by atoms with Crippen molar-refractivity contribution in [2.45, 2.75) is 6.18 Å². The van der Waals surface area contributed by atoms with Crippen LogP contribution in [0.5, 0.6) is 0 Å². The highest BCUT2D eigenvalue weighted by Crippen LogP contribution is 2.32. The van der Waals surface area contributed by atoms with Crippen LogP contribution in [0.2, 0.25) is 0 Å². The summed E-state index contributed by atoms with van der Waals surface area (Å²) in [5, 5.41) is 0. The topological polar surface area (TPSA) is 57.3 Å². The van der Waals surface area contributed by atoms with E-state index < -0.39 is 11.7 Å². The average molecular weight is 431 g/mol. The molecule has 1 aliphatic heterocycles. The number of nitrogens with one attached hydrogen (secondary N) is 1. The number of ether oxygens (including phenoxy) is 1. The molecular formula is C22H24F3N5O. The molecule has 3 heterocycles. The number of anilines is 1. The molecule has 1 saturated heterocycles. The van der Waals surface area contributed by atoms with Crippen molar-refractivity contribution in [3.05, 3.63) is 54.4 Å². The van der Waals surface area contributed by atoms with Gasteiger partial charge >= 0.3 is 6.18 Å². The molecule has 1 fully saturated rings. The third-order valence-electron chi connectivity index (χ3n) is 5.41. The number of piperazine rings is 1. The summed E-state index contributed by atoms with van der Waals surface area (Å²) < 4.78 is 44.1. The number of H-pyrrole nitrogens is 1. The van der Waals surface area contributed by atoms with Crippen molar-refractivity contribution in [2.24, 2.45) is 0 Å². The molecule has 0 spiro atoms. The van der Waals surface area contributed by atoms with Crippen LogP contribution in [-0.4, -0.2) is 66.3 Å². The van der Waals surface area contributed by atoms with Gasteiger partial charge in [-0.1, -0.05) is 12.1 Å². The number of halogens is 3. The predicted octanol–water partition coefficient (Wildman–Crippen LogP) is 3.93. The SMILES string of the molecule is COCCN1CCN(c2ccc(-c3ncc(-c4cccc(C(F)(F)F)c4)[nH]3)cn2)CC1. The lowest BCUT2D eigenvalue weighted by Crippen LogP contribution is -2.47. The number of aromatic amines is 1. The lowest BCUT2D eigenvalue weighted by molar-refractivity contribution is -0.137. The summed E-state index contributed by atoms with van der Waals surface area (Å²) in [4.78, 5) is 16.6. The van der Waals surface area contributed by atoms with Gasteiger partial charge in [-0.15, -0.1) is 0 Å². The Balaban J connectivity index is 1.43. The lowest BCUT2D eigenvalue weighted by atomic mass is 10.1. The van der Waals surface area contributed by atoms with Crippen LogP contribution < -0.4 is 4.90 Å². The number of alkyl halides is 3. The van der Waals surface area contributed by atoms with Crippen molar-refractivity contribution in [1.82, 2.24) is 19.9 Å². The molecule has 1 aromatic carbocycles. The fraction of sp³-hybridized carbons (Fsp3) is 0.364. The third-order valence-corrected chi connectivity index (χ3v) is 5.41. The van der Waals surface area contributed by atoms with Crippen LogP contribution in [-0.2, 0) is 10.9 Å². The third kappa shape index (κ3) is 5.05. The van der Waals surface area contributed by atoms with Gasteiger partial charge in [0.15, 0.2) is 0 Å². The molecule has 164 valence electrons. The first-order chi connectivity index (χ1) is 14.9. The molecule has 31 heavy (non-hydrogen) atoms. The van der Waals surface area contributed by atoms with E-state index in [1.54, 1.807) is 19.4 Å². The highest BCUT2D eigenvalue weighted by Gasteiger charge is 2.30. The maximum absolute atomic E-state index is 13.0. The lowest BCUT2D eigenvalue weighted by Gasteiger charge is -2.35. The highest BCUT2D eigenvalue weighted by atomic mass is 19.4. The van der Waals surface area contributed by atoms with Gasteiger partial charge in [0.1, 0.15) is 11.6 Å². The number of nitrogens with zero attached hydrogens (tertiary/aromatic N) is 4. The molecule has 0 unspecified atom stereocenters. The number of methoxy groups -OCH3 is 1. The Morgan fingerprint density at radius 1 is 1.00 bits per heavy atom. The highest BCUT2D eigenvalue weighted by molar-refractivity contribution is 5.65. The van der Waals surface area contributed by atoms with Gasteiger partial charge in [-0.05, 0) is 24.3 Å². The van der Waals surface area contributed by atoms with Crippen LogP contribution in [0, 0.1) is 0 Å². The van der Waals surface area contributed by atoms with E-state index in [9.17, 15) is 13.2 Å². The summed E-state index contributed by atoms with van der Waals surface area (Å²) in [6.07, 6.45) is -1.10. The summed E-state index contributed by atoms with van der Waals surface area (Å²) in [6, 6.07) is 9.07. The zero-order valence-electron chi connectivity index (χ0n) is 17.2. The minimum absolute atomic E-state index is 0.435. The number of pyridine rings is 1. The van der Waals surface area contributed by atoms with E-state index in [4.69, 9.17) is 4.74 Å². The summed E-state index contributed by atoms with van der Waals surface area (Å²) in [5.74, 6) is 1.47. The largest absolute Gasteiger partial charge is 0.416 e. The Bertz CT molecular complexity index is 995. The number of hydrogen-bond acceptors (Lipinski definition) is 5. The Labute approximate surface area is 178 Å². The van der Waals surface area contributed by atoms with Crippen molar-refractivity contribution >= 4 is 5.82 Å². The molecule has 4 rings (SSSR count). The molecule has 1 N–H and O–H groups in total. The van der Waals surface area contributed by atoms with Crippen LogP contribution >= 0.6 is 0 Å². The first kappa shape index (κ1) is 21.3. The fourth-order valence-corrected chi connectivity index (χ4v) is 3.61. The molecule has 0 saturated carbocycles. The van der Waals surface area contributed by atoms with Crippen molar-refractivity contribution in [2.75, 3.05) is 51.3 Å². The minimum Gasteiger partial charge on any atom is -0.383 e. The van der Waals surface area contributed by atoms with E-state index in [1.807, 2.05) is 12.1 Å². The van der Waals surface area contributed by atoms with Crippen molar-refractivity contribution in [3.8, 4) is 22.6 Å². The van der Waals surface area contributed by atoms with Gasteiger partial charge in [-0.2, -0.15) is 13.2 Å². The zero-order valence-corrected chi connectivity index (χ0v) is 17.2. The van der Waals surface area contributed by atoms with Crippen LogP contribution in [0.15, 0.2) is 48.8 Å². The standard InChI is InChI=1S/C22H24F3N5O/c1-31-12-11-29-7-9-30(10-8-29)20-6-5-17(14-26-20)21-27-15-19(28-21)16-3-2-4-18(13-16)22(23,24)25/h2-6,13-15H,7-12H2,1H3,(H,27,28). The molecule has 1 aliphatic rings. The van der Waals surface area contributed by atoms with Crippen LogP contribution in [0.3, 0.4) is 0 Å². The molecule has 0 bridgehead atoms. The van der Waals surface area contributed by atoms with Crippen LogP contribution in [0.1, 0.15) is 5.56 Å². The smallest absolute Gasteiger partial charge is 0.383 e. The number of imidazole rings is 1. The normalized spacial score (nSPS) is 15.4. The fourth-order valence-electron chi connectivity index (χ4n) is 3.61. The van der Waals surface area contributed by atoms with E-state index >= 15 is 0 Å². The van der Waals surface area contributed by atoms with Gasteiger partial charge in [-0.3, -0.25) is 4.90 Å². The van der Waals surface area contributed by atoms with Gasteiger partial charge in [0.2, 0.25) is 0 Å². The Morgan fingerprint density at radius 2 is 1.81 bits per heavy atom. The Kier molecular flexibility index (Phi) is 6.24. The van der Waals surface area contributed by atoms with Gasteiger partial charge in [-0.25, -0.2) is 9.97 Å². The van der Waals surface area contributed by atoms with E-state index in [0.29, 0.717) is 17.1 Å². The predicted molar refractivity (Wildman–Crippen MR) is 113 cm³/mol. The molecule has 0 atom stereocenters. The van der Waals surface area contributed by atoms with Crippen molar-refractivity contribution in [1.29, 1.82) is 0 Å². The molecule has 6 nitrogen and oxygen atoms in total. The average Bonchev–Trinajstić information content (AvgIpc) is 3.28. The van der Waals surface area contributed by atoms with E-state index in [2.05, 4.69) is 24.8 Å².